The third-order valence-corrected chi connectivity index (χ3v) is 5.38. The molecule has 0 saturated heterocycles. The Hall–Kier alpha value is -2.34. The van der Waals surface area contributed by atoms with E-state index in [1.54, 1.807) is 18.2 Å². The summed E-state index contributed by atoms with van der Waals surface area (Å²) < 4.78 is 25.6. The molecule has 0 saturated carbocycles. The molecule has 5 nitrogen and oxygen atoms in total. The molecule has 2 aromatic carbocycles. The molecule has 0 aliphatic carbocycles. The van der Waals surface area contributed by atoms with Crippen LogP contribution in [-0.2, 0) is 27.7 Å². The highest BCUT2D eigenvalue weighted by atomic mass is 32.2. The van der Waals surface area contributed by atoms with Crippen LogP contribution < -0.4 is 9.62 Å². The molecule has 0 unspecified atom stereocenters. The molecule has 0 bridgehead atoms. The van der Waals surface area contributed by atoms with E-state index in [-0.39, 0.29) is 12.5 Å². The minimum absolute atomic E-state index is 0.260. The number of para-hydroxylation sites is 1. The quantitative estimate of drug-likeness (QED) is 0.806. The zero-order chi connectivity index (χ0) is 19.3. The van der Waals surface area contributed by atoms with Crippen LogP contribution in [0.15, 0.2) is 42.5 Å². The molecule has 140 valence electrons. The fourth-order valence-electron chi connectivity index (χ4n) is 2.90. The van der Waals surface area contributed by atoms with Gasteiger partial charge in [0, 0.05) is 5.69 Å². The van der Waals surface area contributed by atoms with E-state index in [2.05, 4.69) is 5.32 Å². The summed E-state index contributed by atoms with van der Waals surface area (Å²) in [5, 5.41) is 2.92. The third-order valence-electron chi connectivity index (χ3n) is 4.24. The first-order valence-electron chi connectivity index (χ1n) is 8.71. The number of nitrogens with zero attached hydrogens (tertiary/aromatic N) is 1. The van der Waals surface area contributed by atoms with Crippen molar-refractivity contribution in [1.82, 2.24) is 0 Å². The fraction of sp³-hybridized carbons (Fsp3) is 0.350. The van der Waals surface area contributed by atoms with Gasteiger partial charge in [0.05, 0.1) is 11.9 Å². The Kier molecular flexibility index (Phi) is 6.42. The number of anilines is 2. The van der Waals surface area contributed by atoms with Crippen LogP contribution in [0.2, 0.25) is 0 Å². The lowest BCUT2D eigenvalue weighted by Gasteiger charge is -2.23. The number of amides is 1. The molecule has 1 N–H and O–H groups in total. The summed E-state index contributed by atoms with van der Waals surface area (Å²) >= 11 is 0. The van der Waals surface area contributed by atoms with E-state index < -0.39 is 10.0 Å². The molecule has 2 aromatic rings. The second-order valence-corrected chi connectivity index (χ2v) is 8.22. The Morgan fingerprint density at radius 1 is 1.04 bits per heavy atom. The molecule has 0 aliphatic rings. The van der Waals surface area contributed by atoms with Gasteiger partial charge in [0.25, 0.3) is 0 Å². The zero-order valence-corrected chi connectivity index (χ0v) is 16.6. The summed E-state index contributed by atoms with van der Waals surface area (Å²) in [6.45, 7) is 5.68. The van der Waals surface area contributed by atoms with Crippen molar-refractivity contribution in [3.05, 3.63) is 59.2 Å². The Morgan fingerprint density at radius 3 is 2.12 bits per heavy atom. The van der Waals surface area contributed by atoms with Crippen LogP contribution >= 0.6 is 0 Å². The van der Waals surface area contributed by atoms with Gasteiger partial charge in [-0.3, -0.25) is 9.10 Å². The first kappa shape index (κ1) is 20.0. The minimum Gasteiger partial charge on any atom is -0.324 e. The van der Waals surface area contributed by atoms with Crippen LogP contribution in [0.25, 0.3) is 0 Å². The fourth-order valence-corrected chi connectivity index (χ4v) is 3.74. The van der Waals surface area contributed by atoms with Crippen molar-refractivity contribution >= 4 is 27.3 Å². The van der Waals surface area contributed by atoms with Crippen molar-refractivity contribution in [1.29, 1.82) is 0 Å². The molecule has 6 heteroatoms. The average molecular weight is 375 g/mol. The SMILES string of the molecule is CCc1cccc(CC)c1NC(=O)CN(c1cccc(C)c1)S(C)(=O)=O. The van der Waals surface area contributed by atoms with E-state index in [1.807, 2.05) is 45.0 Å². The van der Waals surface area contributed by atoms with E-state index in [4.69, 9.17) is 0 Å². The number of hydrogen-bond acceptors (Lipinski definition) is 3. The van der Waals surface area contributed by atoms with E-state index in [0.29, 0.717) is 5.69 Å². The van der Waals surface area contributed by atoms with Crippen molar-refractivity contribution in [2.24, 2.45) is 0 Å². The topological polar surface area (TPSA) is 66.5 Å². The second-order valence-electron chi connectivity index (χ2n) is 6.32. The molecule has 26 heavy (non-hydrogen) atoms. The van der Waals surface area contributed by atoms with Crippen molar-refractivity contribution in [2.75, 3.05) is 22.4 Å². The lowest BCUT2D eigenvalue weighted by molar-refractivity contribution is -0.114. The van der Waals surface area contributed by atoms with E-state index in [1.165, 1.54) is 0 Å². The van der Waals surface area contributed by atoms with Crippen LogP contribution in [0, 0.1) is 6.92 Å². The zero-order valence-electron chi connectivity index (χ0n) is 15.7. The predicted molar refractivity (Wildman–Crippen MR) is 107 cm³/mol. The molecular weight excluding hydrogens is 348 g/mol. The Balaban J connectivity index is 2.30. The maximum Gasteiger partial charge on any atom is 0.245 e. The molecule has 0 aliphatic heterocycles. The number of rotatable bonds is 7. The van der Waals surface area contributed by atoms with Gasteiger partial charge in [-0.15, -0.1) is 0 Å². The largest absolute Gasteiger partial charge is 0.324 e. The summed E-state index contributed by atoms with van der Waals surface area (Å²) in [7, 11) is -3.58. The normalized spacial score (nSPS) is 11.2. The molecule has 1 amide bonds. The predicted octanol–water partition coefficient (Wildman–Crippen LogP) is 3.52. The number of carbonyl (C=O) groups is 1. The molecule has 0 spiro atoms. The van der Waals surface area contributed by atoms with Crippen LogP contribution in [0.5, 0.6) is 0 Å². The minimum atomic E-state index is -3.58. The van der Waals surface area contributed by atoms with Crippen LogP contribution in [0.1, 0.15) is 30.5 Å². The van der Waals surface area contributed by atoms with E-state index in [0.717, 1.165) is 45.8 Å². The molecular formula is C20H26N2O3S. The van der Waals surface area contributed by atoms with Crippen molar-refractivity contribution < 1.29 is 13.2 Å². The third kappa shape index (κ3) is 4.85. The lowest BCUT2D eigenvalue weighted by atomic mass is 10.0. The molecule has 0 heterocycles. The van der Waals surface area contributed by atoms with Gasteiger partial charge >= 0.3 is 0 Å². The number of carbonyl (C=O) groups excluding carboxylic acids is 1. The van der Waals surface area contributed by atoms with E-state index in [9.17, 15) is 13.2 Å². The highest BCUT2D eigenvalue weighted by Gasteiger charge is 2.21. The number of sulfonamides is 1. The summed E-state index contributed by atoms with van der Waals surface area (Å²) in [5.41, 5.74) is 4.29. The summed E-state index contributed by atoms with van der Waals surface area (Å²) in [5.74, 6) is -0.354. The van der Waals surface area contributed by atoms with Gasteiger partial charge in [-0.05, 0) is 48.6 Å². The summed E-state index contributed by atoms with van der Waals surface area (Å²) in [6.07, 6.45) is 2.69. The first-order valence-corrected chi connectivity index (χ1v) is 10.6. The first-order chi connectivity index (χ1) is 12.3. The van der Waals surface area contributed by atoms with Gasteiger partial charge in [-0.2, -0.15) is 0 Å². The molecule has 0 aromatic heterocycles. The number of aryl methyl sites for hydroxylation is 3. The number of hydrogen-bond donors (Lipinski definition) is 1. The van der Waals surface area contributed by atoms with Crippen molar-refractivity contribution in [3.8, 4) is 0 Å². The number of benzene rings is 2. The maximum atomic E-state index is 12.6. The van der Waals surface area contributed by atoms with Gasteiger partial charge in [-0.1, -0.05) is 44.2 Å². The summed E-state index contributed by atoms with van der Waals surface area (Å²) in [6, 6.07) is 13.0. The van der Waals surface area contributed by atoms with Crippen molar-refractivity contribution in [3.63, 3.8) is 0 Å². The summed E-state index contributed by atoms with van der Waals surface area (Å²) in [4.78, 5) is 12.6. The molecule has 0 fully saturated rings. The van der Waals surface area contributed by atoms with Crippen LogP contribution in [0.4, 0.5) is 11.4 Å². The van der Waals surface area contributed by atoms with E-state index >= 15 is 0 Å². The van der Waals surface area contributed by atoms with Gasteiger partial charge in [-0.25, -0.2) is 8.42 Å². The Labute approximate surface area is 156 Å². The highest BCUT2D eigenvalue weighted by Crippen LogP contribution is 2.23. The van der Waals surface area contributed by atoms with Gasteiger partial charge in [0.2, 0.25) is 15.9 Å². The van der Waals surface area contributed by atoms with Gasteiger partial charge in [0.1, 0.15) is 6.54 Å². The maximum absolute atomic E-state index is 12.6. The second kappa shape index (κ2) is 8.36. The average Bonchev–Trinajstić information content (AvgIpc) is 2.58. The van der Waals surface area contributed by atoms with Gasteiger partial charge in [0.15, 0.2) is 0 Å². The Morgan fingerprint density at radius 2 is 1.62 bits per heavy atom. The highest BCUT2D eigenvalue weighted by molar-refractivity contribution is 7.92. The smallest absolute Gasteiger partial charge is 0.245 e. The van der Waals surface area contributed by atoms with Crippen LogP contribution in [0.3, 0.4) is 0 Å². The standard InChI is InChI=1S/C20H26N2O3S/c1-5-16-10-8-11-17(6-2)20(16)21-19(23)14-22(26(4,24)25)18-12-7-9-15(3)13-18/h7-13H,5-6,14H2,1-4H3,(H,21,23). The Bertz CT molecular complexity index is 869. The van der Waals surface area contributed by atoms with Crippen LogP contribution in [-0.4, -0.2) is 27.1 Å². The van der Waals surface area contributed by atoms with Crippen molar-refractivity contribution in [2.45, 2.75) is 33.6 Å². The molecule has 2 rings (SSSR count). The monoisotopic (exact) mass is 374 g/mol. The lowest BCUT2D eigenvalue weighted by Crippen LogP contribution is -2.37. The molecule has 0 atom stereocenters. The number of nitrogens with one attached hydrogen (secondary N) is 1. The molecule has 0 radical (unpaired) electrons. The van der Waals surface area contributed by atoms with Gasteiger partial charge < -0.3 is 5.32 Å².